The molecular weight excluding hydrogens is 116 g/mol. The molecule has 0 aromatic heterocycles. The Morgan fingerprint density at radius 3 is 2.67 bits per heavy atom. The second-order valence-corrected chi connectivity index (χ2v) is 2.61. The highest BCUT2D eigenvalue weighted by Gasteiger charge is 2.27. The van der Waals surface area contributed by atoms with E-state index < -0.39 is 5.79 Å². The van der Waals surface area contributed by atoms with E-state index in [0.29, 0.717) is 6.42 Å². The fourth-order valence-corrected chi connectivity index (χ4v) is 1.12. The molecule has 0 saturated carbocycles. The van der Waals surface area contributed by atoms with Crippen LogP contribution in [0.5, 0.6) is 0 Å². The second-order valence-electron chi connectivity index (χ2n) is 2.61. The first-order valence-electron chi connectivity index (χ1n) is 3.63. The molecule has 1 rings (SSSR count). The summed E-state index contributed by atoms with van der Waals surface area (Å²) < 4.78 is 5.17. The zero-order chi connectivity index (χ0) is 6.74. The van der Waals surface area contributed by atoms with E-state index >= 15 is 0 Å². The fraction of sp³-hybridized carbons (Fsp3) is 1.00. The highest BCUT2D eigenvalue weighted by Crippen LogP contribution is 2.24. The monoisotopic (exact) mass is 130 g/mol. The Bertz CT molecular complexity index is 84.9. The van der Waals surface area contributed by atoms with Gasteiger partial charge in [0.1, 0.15) is 0 Å². The minimum absolute atomic E-state index is 0.715. The third kappa shape index (κ3) is 1.66. The molecule has 0 aromatic carbocycles. The van der Waals surface area contributed by atoms with E-state index in [1.807, 2.05) is 6.92 Å². The van der Waals surface area contributed by atoms with E-state index in [0.717, 1.165) is 25.9 Å². The maximum Gasteiger partial charge on any atom is 0.165 e. The third-order valence-electron chi connectivity index (χ3n) is 1.88. The van der Waals surface area contributed by atoms with E-state index in [2.05, 4.69) is 0 Å². The minimum atomic E-state index is -0.780. The number of hydrogen-bond acceptors (Lipinski definition) is 2. The molecule has 1 aliphatic rings. The first-order valence-corrected chi connectivity index (χ1v) is 3.63. The Kier molecular flexibility index (Phi) is 2.09. The maximum absolute atomic E-state index is 9.46. The van der Waals surface area contributed by atoms with Crippen molar-refractivity contribution in [2.45, 2.75) is 38.4 Å². The summed E-state index contributed by atoms with van der Waals surface area (Å²) in [6.07, 6.45) is 3.73. The summed E-state index contributed by atoms with van der Waals surface area (Å²) >= 11 is 0. The van der Waals surface area contributed by atoms with Gasteiger partial charge in [0.05, 0.1) is 6.61 Å². The highest BCUT2D eigenvalue weighted by atomic mass is 16.6. The van der Waals surface area contributed by atoms with E-state index in [-0.39, 0.29) is 0 Å². The Balaban J connectivity index is 2.37. The lowest BCUT2D eigenvalue weighted by Gasteiger charge is -2.30. The van der Waals surface area contributed by atoms with Crippen molar-refractivity contribution in [3.8, 4) is 0 Å². The van der Waals surface area contributed by atoms with Crippen LogP contribution >= 0.6 is 0 Å². The van der Waals surface area contributed by atoms with Crippen molar-refractivity contribution in [1.29, 1.82) is 0 Å². The van der Waals surface area contributed by atoms with Gasteiger partial charge in [-0.05, 0) is 19.3 Å². The van der Waals surface area contributed by atoms with Gasteiger partial charge in [-0.3, -0.25) is 0 Å². The molecule has 1 fully saturated rings. The zero-order valence-corrected chi connectivity index (χ0v) is 5.89. The van der Waals surface area contributed by atoms with Crippen molar-refractivity contribution < 1.29 is 9.84 Å². The number of ether oxygens (including phenoxy) is 1. The molecule has 54 valence electrons. The number of hydrogen-bond donors (Lipinski definition) is 1. The minimum Gasteiger partial charge on any atom is -0.365 e. The number of aliphatic hydroxyl groups is 1. The molecule has 0 bridgehead atoms. The summed E-state index contributed by atoms with van der Waals surface area (Å²) in [5.41, 5.74) is 0. The van der Waals surface area contributed by atoms with Crippen molar-refractivity contribution in [1.82, 2.24) is 0 Å². The summed E-state index contributed by atoms with van der Waals surface area (Å²) in [5, 5.41) is 9.46. The predicted molar refractivity (Wildman–Crippen MR) is 35.0 cm³/mol. The van der Waals surface area contributed by atoms with Crippen LogP contribution in [0.4, 0.5) is 0 Å². The van der Waals surface area contributed by atoms with Crippen molar-refractivity contribution >= 4 is 0 Å². The van der Waals surface area contributed by atoms with Crippen LogP contribution in [0, 0.1) is 0 Å². The van der Waals surface area contributed by atoms with Crippen LogP contribution in [0.2, 0.25) is 0 Å². The molecule has 0 amide bonds. The zero-order valence-electron chi connectivity index (χ0n) is 5.89. The molecule has 2 heteroatoms. The van der Waals surface area contributed by atoms with Crippen LogP contribution in [0.3, 0.4) is 0 Å². The molecule has 1 aliphatic heterocycles. The molecule has 9 heavy (non-hydrogen) atoms. The van der Waals surface area contributed by atoms with Crippen LogP contribution in [0.1, 0.15) is 32.6 Å². The van der Waals surface area contributed by atoms with E-state index in [1.54, 1.807) is 0 Å². The number of rotatable bonds is 1. The normalized spacial score (nSPS) is 36.7. The largest absolute Gasteiger partial charge is 0.365 e. The van der Waals surface area contributed by atoms with Crippen LogP contribution in [-0.2, 0) is 4.74 Å². The van der Waals surface area contributed by atoms with Gasteiger partial charge in [-0.15, -0.1) is 0 Å². The average molecular weight is 130 g/mol. The Morgan fingerprint density at radius 2 is 2.33 bits per heavy atom. The molecule has 0 aliphatic carbocycles. The Hall–Kier alpha value is -0.0800. The Labute approximate surface area is 55.8 Å². The van der Waals surface area contributed by atoms with Crippen molar-refractivity contribution in [3.63, 3.8) is 0 Å². The Morgan fingerprint density at radius 1 is 1.56 bits per heavy atom. The van der Waals surface area contributed by atoms with Gasteiger partial charge in [0.2, 0.25) is 0 Å². The predicted octanol–water partition coefficient (Wildman–Crippen LogP) is 1.29. The van der Waals surface area contributed by atoms with Gasteiger partial charge in [0, 0.05) is 6.42 Å². The topological polar surface area (TPSA) is 29.5 Å². The standard InChI is InChI=1S/C7H14O2/c1-2-7(8)5-3-4-6-9-7/h8H,2-6H2,1H3. The molecule has 1 N–H and O–H groups in total. The molecule has 1 unspecified atom stereocenters. The average Bonchev–Trinajstić information content (AvgIpc) is 1.90. The second kappa shape index (κ2) is 2.67. The van der Waals surface area contributed by atoms with E-state index in [9.17, 15) is 5.11 Å². The molecule has 1 saturated heterocycles. The maximum atomic E-state index is 9.46. The van der Waals surface area contributed by atoms with E-state index in [1.165, 1.54) is 0 Å². The first-order chi connectivity index (χ1) is 4.27. The molecule has 2 nitrogen and oxygen atoms in total. The van der Waals surface area contributed by atoms with Crippen LogP contribution in [-0.4, -0.2) is 17.5 Å². The van der Waals surface area contributed by atoms with Crippen LogP contribution in [0.15, 0.2) is 0 Å². The summed E-state index contributed by atoms with van der Waals surface area (Å²) in [7, 11) is 0. The summed E-state index contributed by atoms with van der Waals surface area (Å²) in [5.74, 6) is -0.780. The van der Waals surface area contributed by atoms with Gasteiger partial charge in [0.15, 0.2) is 5.79 Å². The SMILES string of the molecule is CCC1(O)CCCCO1. The third-order valence-corrected chi connectivity index (χ3v) is 1.88. The van der Waals surface area contributed by atoms with Crippen molar-refractivity contribution in [2.75, 3.05) is 6.61 Å². The smallest absolute Gasteiger partial charge is 0.165 e. The van der Waals surface area contributed by atoms with Gasteiger partial charge >= 0.3 is 0 Å². The van der Waals surface area contributed by atoms with E-state index in [4.69, 9.17) is 4.74 Å². The van der Waals surface area contributed by atoms with Crippen molar-refractivity contribution in [2.24, 2.45) is 0 Å². The lowest BCUT2D eigenvalue weighted by Crippen LogP contribution is -2.34. The van der Waals surface area contributed by atoms with Gasteiger partial charge in [0.25, 0.3) is 0 Å². The highest BCUT2D eigenvalue weighted by molar-refractivity contribution is 4.68. The quantitative estimate of drug-likeness (QED) is 0.579. The summed E-state index contributed by atoms with van der Waals surface area (Å²) in [4.78, 5) is 0. The molecule has 0 spiro atoms. The van der Waals surface area contributed by atoms with Gasteiger partial charge < -0.3 is 9.84 Å². The van der Waals surface area contributed by atoms with Crippen LogP contribution in [0.25, 0.3) is 0 Å². The van der Waals surface area contributed by atoms with Gasteiger partial charge in [-0.2, -0.15) is 0 Å². The van der Waals surface area contributed by atoms with Gasteiger partial charge in [-0.25, -0.2) is 0 Å². The lowest BCUT2D eigenvalue weighted by atomic mass is 10.0. The fourth-order valence-electron chi connectivity index (χ4n) is 1.12. The molecule has 0 radical (unpaired) electrons. The molecular formula is C7H14O2. The van der Waals surface area contributed by atoms with Crippen molar-refractivity contribution in [3.05, 3.63) is 0 Å². The molecule has 1 atom stereocenters. The summed E-state index contributed by atoms with van der Waals surface area (Å²) in [6.45, 7) is 2.68. The molecule has 0 aromatic rings. The van der Waals surface area contributed by atoms with Crippen LogP contribution < -0.4 is 0 Å². The lowest BCUT2D eigenvalue weighted by molar-refractivity contribution is -0.225. The van der Waals surface area contributed by atoms with Gasteiger partial charge in [-0.1, -0.05) is 6.92 Å². The summed E-state index contributed by atoms with van der Waals surface area (Å²) in [6, 6.07) is 0. The molecule has 1 heterocycles. The first kappa shape index (κ1) is 7.03.